The SMILES string of the molecule is CN1CCCN(c2cccc(F)c2CO)CC1. The monoisotopic (exact) mass is 238 g/mol. The maximum Gasteiger partial charge on any atom is 0.130 e. The van der Waals surface area contributed by atoms with Crippen molar-refractivity contribution in [3.63, 3.8) is 0 Å². The molecule has 0 bridgehead atoms. The van der Waals surface area contributed by atoms with Crippen molar-refractivity contribution in [1.29, 1.82) is 0 Å². The van der Waals surface area contributed by atoms with Gasteiger partial charge in [-0.3, -0.25) is 0 Å². The standard InChI is InChI=1S/C13H19FN2O/c1-15-6-3-7-16(9-8-15)13-5-2-4-12(14)11(13)10-17/h2,4-5,17H,3,6-10H2,1H3. The van der Waals surface area contributed by atoms with Gasteiger partial charge in [0.1, 0.15) is 5.82 Å². The number of anilines is 1. The van der Waals surface area contributed by atoms with Crippen molar-refractivity contribution >= 4 is 5.69 Å². The Hall–Kier alpha value is -1.13. The minimum absolute atomic E-state index is 0.242. The highest BCUT2D eigenvalue weighted by molar-refractivity contribution is 5.54. The van der Waals surface area contributed by atoms with Gasteiger partial charge in [0.05, 0.1) is 6.61 Å². The molecule has 0 amide bonds. The summed E-state index contributed by atoms with van der Waals surface area (Å²) in [4.78, 5) is 4.44. The minimum Gasteiger partial charge on any atom is -0.391 e. The van der Waals surface area contributed by atoms with E-state index in [-0.39, 0.29) is 12.4 Å². The highest BCUT2D eigenvalue weighted by Gasteiger charge is 2.16. The molecule has 4 heteroatoms. The van der Waals surface area contributed by atoms with Gasteiger partial charge in [0.25, 0.3) is 0 Å². The number of halogens is 1. The second kappa shape index (κ2) is 5.47. The Labute approximate surface area is 101 Å². The van der Waals surface area contributed by atoms with Crippen molar-refractivity contribution in [2.24, 2.45) is 0 Å². The number of aliphatic hydroxyl groups is 1. The number of aliphatic hydroxyl groups excluding tert-OH is 1. The van der Waals surface area contributed by atoms with Gasteiger partial charge in [-0.05, 0) is 32.1 Å². The molecule has 0 radical (unpaired) electrons. The molecular formula is C13H19FN2O. The number of likely N-dealkylation sites (N-methyl/N-ethyl adjacent to an activating group) is 1. The largest absolute Gasteiger partial charge is 0.391 e. The van der Waals surface area contributed by atoms with Crippen molar-refractivity contribution in [2.75, 3.05) is 38.1 Å². The Morgan fingerprint density at radius 2 is 2.06 bits per heavy atom. The molecule has 94 valence electrons. The highest BCUT2D eigenvalue weighted by Crippen LogP contribution is 2.24. The molecule has 1 fully saturated rings. The van der Waals surface area contributed by atoms with Gasteiger partial charge in [0.15, 0.2) is 0 Å². The van der Waals surface area contributed by atoms with E-state index in [9.17, 15) is 9.50 Å². The predicted octanol–water partition coefficient (Wildman–Crippen LogP) is 1.46. The Kier molecular flexibility index (Phi) is 3.97. The van der Waals surface area contributed by atoms with Crippen LogP contribution in [-0.4, -0.2) is 43.2 Å². The highest BCUT2D eigenvalue weighted by atomic mass is 19.1. The van der Waals surface area contributed by atoms with Crippen LogP contribution in [0, 0.1) is 5.82 Å². The number of nitrogens with zero attached hydrogens (tertiary/aromatic N) is 2. The summed E-state index contributed by atoms with van der Waals surface area (Å²) in [6.45, 7) is 3.60. The summed E-state index contributed by atoms with van der Waals surface area (Å²) in [5.41, 5.74) is 1.25. The zero-order valence-electron chi connectivity index (χ0n) is 10.2. The number of rotatable bonds is 2. The van der Waals surface area contributed by atoms with Gasteiger partial charge >= 0.3 is 0 Å². The summed E-state index contributed by atoms with van der Waals surface area (Å²) in [6.07, 6.45) is 1.07. The first-order valence-corrected chi connectivity index (χ1v) is 6.04. The van der Waals surface area contributed by atoms with Gasteiger partial charge in [0.2, 0.25) is 0 Å². The van der Waals surface area contributed by atoms with Gasteiger partial charge in [-0.25, -0.2) is 4.39 Å². The molecule has 1 aliphatic heterocycles. The Morgan fingerprint density at radius 1 is 1.24 bits per heavy atom. The van der Waals surface area contributed by atoms with Gasteiger partial charge in [-0.2, -0.15) is 0 Å². The fourth-order valence-corrected chi connectivity index (χ4v) is 2.29. The van der Waals surface area contributed by atoms with Crippen molar-refractivity contribution in [3.05, 3.63) is 29.6 Å². The molecule has 0 spiro atoms. The Morgan fingerprint density at radius 3 is 2.82 bits per heavy atom. The summed E-state index contributed by atoms with van der Waals surface area (Å²) in [7, 11) is 2.10. The molecule has 0 aliphatic carbocycles. The molecule has 17 heavy (non-hydrogen) atoms. The third-order valence-corrected chi connectivity index (χ3v) is 3.31. The van der Waals surface area contributed by atoms with Crippen LogP contribution in [0.3, 0.4) is 0 Å². The first-order chi connectivity index (χ1) is 8.22. The van der Waals surface area contributed by atoms with Gasteiger partial charge in [-0.15, -0.1) is 0 Å². The molecule has 0 unspecified atom stereocenters. The van der Waals surface area contributed by atoms with Crippen LogP contribution in [-0.2, 0) is 6.61 Å². The fourth-order valence-electron chi connectivity index (χ4n) is 2.29. The molecule has 0 atom stereocenters. The van der Waals surface area contributed by atoms with E-state index in [1.807, 2.05) is 6.07 Å². The normalized spacial score (nSPS) is 18.2. The number of hydrogen-bond donors (Lipinski definition) is 1. The zero-order valence-corrected chi connectivity index (χ0v) is 10.2. The van der Waals surface area contributed by atoms with Gasteiger partial charge in [0, 0.05) is 30.9 Å². The molecule has 1 aromatic carbocycles. The van der Waals surface area contributed by atoms with E-state index in [0.29, 0.717) is 5.56 Å². The second-order valence-corrected chi connectivity index (χ2v) is 4.54. The Balaban J connectivity index is 2.23. The zero-order chi connectivity index (χ0) is 12.3. The van der Waals surface area contributed by atoms with Crippen LogP contribution in [0.15, 0.2) is 18.2 Å². The summed E-state index contributed by atoms with van der Waals surface area (Å²) in [5.74, 6) is -0.317. The van der Waals surface area contributed by atoms with E-state index in [1.165, 1.54) is 6.07 Å². The number of benzene rings is 1. The molecule has 1 N–H and O–H groups in total. The lowest BCUT2D eigenvalue weighted by molar-refractivity contribution is 0.276. The molecule has 1 heterocycles. The summed E-state index contributed by atoms with van der Waals surface area (Å²) < 4.78 is 13.6. The second-order valence-electron chi connectivity index (χ2n) is 4.54. The number of hydrogen-bond acceptors (Lipinski definition) is 3. The van der Waals surface area contributed by atoms with E-state index < -0.39 is 0 Å². The maximum atomic E-state index is 13.6. The average Bonchev–Trinajstić information content (AvgIpc) is 2.54. The topological polar surface area (TPSA) is 26.7 Å². The third-order valence-electron chi connectivity index (χ3n) is 3.31. The summed E-state index contributed by atoms with van der Waals surface area (Å²) in [6, 6.07) is 5.00. The smallest absolute Gasteiger partial charge is 0.130 e. The van der Waals surface area contributed by atoms with Crippen molar-refractivity contribution in [3.8, 4) is 0 Å². The quantitative estimate of drug-likeness (QED) is 0.845. The van der Waals surface area contributed by atoms with E-state index >= 15 is 0 Å². The van der Waals surface area contributed by atoms with Crippen LogP contribution in [0.5, 0.6) is 0 Å². The fraction of sp³-hybridized carbons (Fsp3) is 0.538. The van der Waals surface area contributed by atoms with E-state index in [1.54, 1.807) is 6.07 Å². The summed E-state index contributed by atoms with van der Waals surface area (Å²) >= 11 is 0. The first kappa shape index (κ1) is 12.3. The van der Waals surface area contributed by atoms with Crippen LogP contribution >= 0.6 is 0 Å². The van der Waals surface area contributed by atoms with E-state index in [2.05, 4.69) is 16.8 Å². The molecule has 1 saturated heterocycles. The molecule has 0 saturated carbocycles. The van der Waals surface area contributed by atoms with Crippen LogP contribution in [0.2, 0.25) is 0 Å². The van der Waals surface area contributed by atoms with E-state index in [0.717, 1.165) is 38.3 Å². The van der Waals surface area contributed by atoms with Gasteiger partial charge < -0.3 is 14.9 Å². The molecule has 1 aliphatic rings. The van der Waals surface area contributed by atoms with Crippen LogP contribution < -0.4 is 4.90 Å². The van der Waals surface area contributed by atoms with Crippen LogP contribution in [0.4, 0.5) is 10.1 Å². The third kappa shape index (κ3) is 2.76. The lowest BCUT2D eigenvalue weighted by Crippen LogP contribution is -2.29. The van der Waals surface area contributed by atoms with Crippen molar-refractivity contribution < 1.29 is 9.50 Å². The van der Waals surface area contributed by atoms with Crippen molar-refractivity contribution in [2.45, 2.75) is 13.0 Å². The summed E-state index contributed by atoms with van der Waals surface area (Å²) in [5, 5.41) is 9.28. The molecule has 3 nitrogen and oxygen atoms in total. The lowest BCUT2D eigenvalue weighted by Gasteiger charge is -2.25. The van der Waals surface area contributed by atoms with Crippen molar-refractivity contribution in [1.82, 2.24) is 4.90 Å². The predicted molar refractivity (Wildman–Crippen MR) is 66.6 cm³/mol. The van der Waals surface area contributed by atoms with Crippen LogP contribution in [0.1, 0.15) is 12.0 Å². The first-order valence-electron chi connectivity index (χ1n) is 6.04. The van der Waals surface area contributed by atoms with E-state index in [4.69, 9.17) is 0 Å². The molecule has 1 aromatic rings. The van der Waals surface area contributed by atoms with Crippen LogP contribution in [0.25, 0.3) is 0 Å². The lowest BCUT2D eigenvalue weighted by atomic mass is 10.1. The van der Waals surface area contributed by atoms with Gasteiger partial charge in [-0.1, -0.05) is 6.07 Å². The molecule has 2 rings (SSSR count). The maximum absolute atomic E-state index is 13.6. The minimum atomic E-state index is -0.317. The Bertz CT molecular complexity index is 384. The molecule has 0 aromatic heterocycles. The average molecular weight is 238 g/mol. The molecular weight excluding hydrogens is 219 g/mol.